The standard InChI is InChI=1S/C12H14ClN3.ClH/c13-11-4-3-9-10(7-15-12(9)16-11)8-2-1-5-14-6-8;/h3-4,7-8,14H,1-2,5-6H2,(H,15,16);1H. The zero-order chi connectivity index (χ0) is 11.0. The molecule has 92 valence electrons. The maximum absolute atomic E-state index is 5.87. The van der Waals surface area contributed by atoms with E-state index in [0.717, 1.165) is 18.7 Å². The van der Waals surface area contributed by atoms with Crippen LogP contribution in [0.1, 0.15) is 24.3 Å². The van der Waals surface area contributed by atoms with E-state index >= 15 is 0 Å². The molecule has 3 rings (SSSR count). The van der Waals surface area contributed by atoms with Gasteiger partial charge in [0.2, 0.25) is 0 Å². The van der Waals surface area contributed by atoms with Gasteiger partial charge in [0.25, 0.3) is 0 Å². The summed E-state index contributed by atoms with van der Waals surface area (Å²) in [5.74, 6) is 0.602. The van der Waals surface area contributed by atoms with Gasteiger partial charge >= 0.3 is 0 Å². The van der Waals surface area contributed by atoms with Crippen LogP contribution in [0.15, 0.2) is 18.3 Å². The third-order valence-electron chi connectivity index (χ3n) is 3.27. The highest BCUT2D eigenvalue weighted by Gasteiger charge is 2.18. The molecule has 0 bridgehead atoms. The van der Waals surface area contributed by atoms with Gasteiger partial charge in [0.15, 0.2) is 0 Å². The quantitative estimate of drug-likeness (QED) is 0.783. The van der Waals surface area contributed by atoms with Crippen LogP contribution in [0.2, 0.25) is 5.15 Å². The van der Waals surface area contributed by atoms with Crippen LogP contribution in [-0.4, -0.2) is 23.1 Å². The summed E-state index contributed by atoms with van der Waals surface area (Å²) in [6, 6.07) is 3.92. The Hall–Kier alpha value is -0.770. The van der Waals surface area contributed by atoms with Crippen molar-refractivity contribution in [3.05, 3.63) is 29.0 Å². The van der Waals surface area contributed by atoms with Gasteiger partial charge in [-0.05, 0) is 43.0 Å². The van der Waals surface area contributed by atoms with Crippen LogP contribution >= 0.6 is 24.0 Å². The summed E-state index contributed by atoms with van der Waals surface area (Å²) in [7, 11) is 0. The Labute approximate surface area is 111 Å². The van der Waals surface area contributed by atoms with E-state index in [4.69, 9.17) is 11.6 Å². The molecule has 1 aliphatic heterocycles. The van der Waals surface area contributed by atoms with E-state index in [1.165, 1.54) is 23.8 Å². The van der Waals surface area contributed by atoms with Crippen LogP contribution in [0.5, 0.6) is 0 Å². The van der Waals surface area contributed by atoms with Gasteiger partial charge < -0.3 is 10.3 Å². The Morgan fingerprint density at radius 3 is 3.00 bits per heavy atom. The summed E-state index contributed by atoms with van der Waals surface area (Å²) in [5.41, 5.74) is 2.26. The number of halogens is 2. The highest BCUT2D eigenvalue weighted by Crippen LogP contribution is 2.29. The maximum Gasteiger partial charge on any atom is 0.139 e. The lowest BCUT2D eigenvalue weighted by atomic mass is 9.92. The number of rotatable bonds is 1. The van der Waals surface area contributed by atoms with Crippen molar-refractivity contribution in [2.45, 2.75) is 18.8 Å². The molecule has 2 aromatic rings. The molecule has 0 aliphatic carbocycles. The molecule has 1 fully saturated rings. The molecule has 1 aliphatic rings. The van der Waals surface area contributed by atoms with E-state index in [1.54, 1.807) is 0 Å². The summed E-state index contributed by atoms with van der Waals surface area (Å²) in [6.07, 6.45) is 4.58. The number of aromatic nitrogens is 2. The van der Waals surface area contributed by atoms with Gasteiger partial charge in [-0.3, -0.25) is 0 Å². The largest absolute Gasteiger partial charge is 0.346 e. The third kappa shape index (κ3) is 2.41. The van der Waals surface area contributed by atoms with Crippen molar-refractivity contribution in [2.75, 3.05) is 13.1 Å². The van der Waals surface area contributed by atoms with Gasteiger partial charge in [-0.15, -0.1) is 12.4 Å². The van der Waals surface area contributed by atoms with Crippen LogP contribution in [-0.2, 0) is 0 Å². The molecular formula is C12H15Cl2N3. The van der Waals surface area contributed by atoms with Crippen molar-refractivity contribution in [1.82, 2.24) is 15.3 Å². The molecule has 1 saturated heterocycles. The number of H-pyrrole nitrogens is 1. The second-order valence-corrected chi connectivity index (χ2v) is 4.70. The fraction of sp³-hybridized carbons (Fsp3) is 0.417. The van der Waals surface area contributed by atoms with Crippen LogP contribution in [0, 0.1) is 0 Å². The normalized spacial score (nSPS) is 20.2. The first kappa shape index (κ1) is 12.7. The number of aromatic amines is 1. The average Bonchev–Trinajstić information content (AvgIpc) is 2.73. The number of piperidine rings is 1. The average molecular weight is 272 g/mol. The number of nitrogens with one attached hydrogen (secondary N) is 2. The first-order valence-corrected chi connectivity index (χ1v) is 6.06. The highest BCUT2D eigenvalue weighted by atomic mass is 35.5. The summed E-state index contributed by atoms with van der Waals surface area (Å²) in [5, 5.41) is 5.19. The van der Waals surface area contributed by atoms with Crippen LogP contribution in [0.3, 0.4) is 0 Å². The van der Waals surface area contributed by atoms with E-state index in [0.29, 0.717) is 11.1 Å². The summed E-state index contributed by atoms with van der Waals surface area (Å²) >= 11 is 5.87. The number of hydrogen-bond acceptors (Lipinski definition) is 2. The van der Waals surface area contributed by atoms with E-state index in [-0.39, 0.29) is 12.4 Å². The third-order valence-corrected chi connectivity index (χ3v) is 3.48. The molecule has 2 aromatic heterocycles. The first-order valence-electron chi connectivity index (χ1n) is 5.69. The Bertz CT molecular complexity index is 503. The molecule has 0 radical (unpaired) electrons. The molecule has 1 unspecified atom stereocenters. The van der Waals surface area contributed by atoms with E-state index < -0.39 is 0 Å². The van der Waals surface area contributed by atoms with E-state index in [1.807, 2.05) is 6.07 Å². The predicted molar refractivity (Wildman–Crippen MR) is 73.2 cm³/mol. The number of nitrogens with zero attached hydrogens (tertiary/aromatic N) is 1. The highest BCUT2D eigenvalue weighted by molar-refractivity contribution is 6.29. The lowest BCUT2D eigenvalue weighted by Crippen LogP contribution is -2.28. The summed E-state index contributed by atoms with van der Waals surface area (Å²) in [4.78, 5) is 7.48. The van der Waals surface area contributed by atoms with Crippen molar-refractivity contribution in [1.29, 1.82) is 0 Å². The summed E-state index contributed by atoms with van der Waals surface area (Å²) in [6.45, 7) is 2.21. The van der Waals surface area contributed by atoms with Crippen LogP contribution < -0.4 is 5.32 Å². The second-order valence-electron chi connectivity index (χ2n) is 4.32. The fourth-order valence-corrected chi connectivity index (χ4v) is 2.60. The molecule has 3 nitrogen and oxygen atoms in total. The SMILES string of the molecule is Cl.Clc1ccc2c(C3CCCNC3)c[nH]c2n1. The lowest BCUT2D eigenvalue weighted by Gasteiger charge is -2.22. The molecule has 17 heavy (non-hydrogen) atoms. The zero-order valence-electron chi connectivity index (χ0n) is 9.37. The van der Waals surface area contributed by atoms with Crippen molar-refractivity contribution >= 4 is 35.0 Å². The molecule has 0 amide bonds. The predicted octanol–water partition coefficient (Wildman–Crippen LogP) is 3.11. The van der Waals surface area contributed by atoms with E-state index in [9.17, 15) is 0 Å². The molecular weight excluding hydrogens is 257 g/mol. The number of pyridine rings is 1. The first-order chi connectivity index (χ1) is 7.84. The van der Waals surface area contributed by atoms with Crippen molar-refractivity contribution in [2.24, 2.45) is 0 Å². The van der Waals surface area contributed by atoms with Gasteiger partial charge in [-0.2, -0.15) is 0 Å². The second kappa shape index (κ2) is 5.25. The van der Waals surface area contributed by atoms with Gasteiger partial charge in [0, 0.05) is 18.1 Å². The van der Waals surface area contributed by atoms with Crippen molar-refractivity contribution < 1.29 is 0 Å². The van der Waals surface area contributed by atoms with Gasteiger partial charge in [-0.25, -0.2) is 4.98 Å². The lowest BCUT2D eigenvalue weighted by molar-refractivity contribution is 0.463. The molecule has 3 heterocycles. The number of fused-ring (bicyclic) bond motifs is 1. The minimum absolute atomic E-state index is 0. The molecule has 5 heteroatoms. The van der Waals surface area contributed by atoms with Gasteiger partial charge in [0.05, 0.1) is 0 Å². The van der Waals surface area contributed by atoms with Crippen molar-refractivity contribution in [3.8, 4) is 0 Å². The Balaban J connectivity index is 0.00000108. The van der Waals surface area contributed by atoms with E-state index in [2.05, 4.69) is 27.5 Å². The summed E-state index contributed by atoms with van der Waals surface area (Å²) < 4.78 is 0. The van der Waals surface area contributed by atoms with Crippen LogP contribution in [0.25, 0.3) is 11.0 Å². The molecule has 0 aromatic carbocycles. The minimum atomic E-state index is 0. The maximum atomic E-state index is 5.87. The molecule has 0 spiro atoms. The Kier molecular flexibility index (Phi) is 3.92. The van der Waals surface area contributed by atoms with Crippen LogP contribution in [0.4, 0.5) is 0 Å². The smallest absolute Gasteiger partial charge is 0.139 e. The Morgan fingerprint density at radius 1 is 1.35 bits per heavy atom. The molecule has 2 N–H and O–H groups in total. The Morgan fingerprint density at radius 2 is 2.24 bits per heavy atom. The topological polar surface area (TPSA) is 40.7 Å². The van der Waals surface area contributed by atoms with Gasteiger partial charge in [-0.1, -0.05) is 11.6 Å². The molecule has 0 saturated carbocycles. The van der Waals surface area contributed by atoms with Gasteiger partial charge in [0.1, 0.15) is 10.8 Å². The minimum Gasteiger partial charge on any atom is -0.346 e. The monoisotopic (exact) mass is 271 g/mol. The molecule has 1 atom stereocenters. The zero-order valence-corrected chi connectivity index (χ0v) is 10.9. The number of hydrogen-bond donors (Lipinski definition) is 2. The van der Waals surface area contributed by atoms with Crippen molar-refractivity contribution in [3.63, 3.8) is 0 Å². The fourth-order valence-electron chi connectivity index (χ4n) is 2.46.